The predicted molar refractivity (Wildman–Crippen MR) is 114 cm³/mol. The van der Waals surface area contributed by atoms with Crippen molar-refractivity contribution in [2.24, 2.45) is 0 Å². The Morgan fingerprint density at radius 2 is 1.75 bits per heavy atom. The van der Waals surface area contributed by atoms with Crippen LogP contribution in [0.5, 0.6) is 0 Å². The number of carbonyl (C=O) groups excluding carboxylic acids is 1. The molecular weight excluding hydrogens is 378 g/mol. The molecule has 28 heavy (non-hydrogen) atoms. The van der Waals surface area contributed by atoms with Gasteiger partial charge in [-0.3, -0.25) is 19.4 Å². The van der Waals surface area contributed by atoms with E-state index in [1.807, 2.05) is 19.0 Å². The lowest BCUT2D eigenvalue weighted by Gasteiger charge is -2.26. The Balaban J connectivity index is 0.00000392. The van der Waals surface area contributed by atoms with E-state index < -0.39 is 5.97 Å². The third-order valence-electron chi connectivity index (χ3n) is 5.43. The van der Waals surface area contributed by atoms with Crippen molar-refractivity contribution in [3.05, 3.63) is 35.4 Å². The van der Waals surface area contributed by atoms with E-state index in [2.05, 4.69) is 36.1 Å². The van der Waals surface area contributed by atoms with Crippen LogP contribution in [0.3, 0.4) is 0 Å². The Morgan fingerprint density at radius 1 is 1.11 bits per heavy atom. The van der Waals surface area contributed by atoms with Crippen LogP contribution in [0, 0.1) is 0 Å². The van der Waals surface area contributed by atoms with Gasteiger partial charge in [0.25, 0.3) is 0 Å². The number of hydrogen-bond donors (Lipinski definition) is 1. The molecule has 2 rings (SSSR count). The standard InChI is InChI=1S/C21H33N3O3.ClH/c1-4-17-7-9-18(10-8-17)14-23(3)20(25)15-24-12-5-6-19(11-13-24)22(2)16-21(26)27;/h7-10,19H,4-6,11-16H2,1-3H3,(H,26,27);1H. The van der Waals surface area contributed by atoms with Gasteiger partial charge < -0.3 is 10.0 Å². The summed E-state index contributed by atoms with van der Waals surface area (Å²) in [6.07, 6.45) is 3.89. The van der Waals surface area contributed by atoms with Crippen LogP contribution in [-0.4, -0.2) is 78.0 Å². The highest BCUT2D eigenvalue weighted by atomic mass is 35.5. The quantitative estimate of drug-likeness (QED) is 0.712. The summed E-state index contributed by atoms with van der Waals surface area (Å²) >= 11 is 0. The van der Waals surface area contributed by atoms with Crippen molar-refractivity contribution in [1.82, 2.24) is 14.7 Å². The monoisotopic (exact) mass is 411 g/mol. The number of carbonyl (C=O) groups is 2. The highest BCUT2D eigenvalue weighted by Crippen LogP contribution is 2.16. The summed E-state index contributed by atoms with van der Waals surface area (Å²) in [5.41, 5.74) is 2.45. The minimum absolute atomic E-state index is 0. The summed E-state index contributed by atoms with van der Waals surface area (Å²) < 4.78 is 0. The number of aryl methyl sites for hydroxylation is 1. The summed E-state index contributed by atoms with van der Waals surface area (Å²) in [5, 5.41) is 8.96. The third-order valence-corrected chi connectivity index (χ3v) is 5.43. The van der Waals surface area contributed by atoms with Gasteiger partial charge in [-0.05, 0) is 50.4 Å². The maximum Gasteiger partial charge on any atom is 0.317 e. The average molecular weight is 412 g/mol. The Bertz CT molecular complexity index is 624. The van der Waals surface area contributed by atoms with Gasteiger partial charge >= 0.3 is 5.97 Å². The number of likely N-dealkylation sites (tertiary alicyclic amines) is 1. The van der Waals surface area contributed by atoms with Crippen molar-refractivity contribution in [3.63, 3.8) is 0 Å². The third kappa shape index (κ3) is 7.78. The molecule has 1 unspecified atom stereocenters. The molecule has 1 heterocycles. The highest BCUT2D eigenvalue weighted by Gasteiger charge is 2.23. The Labute approximate surface area is 174 Å². The molecule has 0 spiro atoms. The molecule has 0 saturated carbocycles. The first-order chi connectivity index (χ1) is 12.9. The second-order valence-electron chi connectivity index (χ2n) is 7.59. The van der Waals surface area contributed by atoms with Crippen LogP contribution in [0.1, 0.15) is 37.3 Å². The van der Waals surface area contributed by atoms with Crippen LogP contribution in [0.2, 0.25) is 0 Å². The highest BCUT2D eigenvalue weighted by molar-refractivity contribution is 5.85. The first-order valence-electron chi connectivity index (χ1n) is 9.85. The summed E-state index contributed by atoms with van der Waals surface area (Å²) in [5.74, 6) is -0.658. The number of rotatable bonds is 8. The van der Waals surface area contributed by atoms with Crippen molar-refractivity contribution >= 4 is 24.3 Å². The largest absolute Gasteiger partial charge is 0.480 e. The number of benzene rings is 1. The molecule has 0 aliphatic carbocycles. The van der Waals surface area contributed by atoms with Gasteiger partial charge in [-0.1, -0.05) is 31.2 Å². The van der Waals surface area contributed by atoms with E-state index in [1.54, 1.807) is 4.90 Å². The maximum absolute atomic E-state index is 12.6. The zero-order valence-electron chi connectivity index (χ0n) is 17.3. The van der Waals surface area contributed by atoms with Crippen molar-refractivity contribution in [1.29, 1.82) is 0 Å². The molecule has 0 radical (unpaired) electrons. The van der Waals surface area contributed by atoms with E-state index in [9.17, 15) is 9.59 Å². The normalized spacial score (nSPS) is 17.6. The van der Waals surface area contributed by atoms with Gasteiger partial charge in [0.05, 0.1) is 13.1 Å². The van der Waals surface area contributed by atoms with Gasteiger partial charge in [-0.25, -0.2) is 0 Å². The minimum atomic E-state index is -0.789. The molecule has 1 saturated heterocycles. The molecule has 1 aliphatic heterocycles. The van der Waals surface area contributed by atoms with E-state index >= 15 is 0 Å². The van der Waals surface area contributed by atoms with Crippen molar-refractivity contribution in [2.75, 3.05) is 40.3 Å². The summed E-state index contributed by atoms with van der Waals surface area (Å²) in [7, 11) is 3.73. The number of amides is 1. The van der Waals surface area contributed by atoms with Gasteiger partial charge in [0.2, 0.25) is 5.91 Å². The second-order valence-corrected chi connectivity index (χ2v) is 7.59. The number of carboxylic acids is 1. The molecule has 1 aromatic rings. The number of halogens is 1. The number of aliphatic carboxylic acids is 1. The number of hydrogen-bond acceptors (Lipinski definition) is 4. The second kappa shape index (κ2) is 12.0. The van der Waals surface area contributed by atoms with E-state index in [0.717, 1.165) is 44.3 Å². The molecule has 1 amide bonds. The predicted octanol–water partition coefficient (Wildman–Crippen LogP) is 2.50. The van der Waals surface area contributed by atoms with Gasteiger partial charge in [0, 0.05) is 26.2 Å². The molecule has 7 heteroatoms. The number of carboxylic acid groups (broad SMARTS) is 1. The molecule has 1 aliphatic rings. The van der Waals surface area contributed by atoms with Gasteiger partial charge in [0.1, 0.15) is 0 Å². The minimum Gasteiger partial charge on any atom is -0.480 e. The Kier molecular flexibility index (Phi) is 10.5. The van der Waals surface area contributed by atoms with Gasteiger partial charge in [0.15, 0.2) is 0 Å². The molecular formula is C21H34ClN3O3. The van der Waals surface area contributed by atoms with Crippen LogP contribution in [0.25, 0.3) is 0 Å². The Morgan fingerprint density at radius 3 is 2.36 bits per heavy atom. The van der Waals surface area contributed by atoms with E-state index in [4.69, 9.17) is 5.11 Å². The summed E-state index contributed by atoms with van der Waals surface area (Å²) in [6.45, 7) is 4.99. The van der Waals surface area contributed by atoms with Crippen LogP contribution in [0.15, 0.2) is 24.3 Å². The molecule has 1 N–H and O–H groups in total. The molecule has 1 atom stereocenters. The van der Waals surface area contributed by atoms with Crippen LogP contribution >= 0.6 is 12.4 Å². The fourth-order valence-corrected chi connectivity index (χ4v) is 3.63. The average Bonchev–Trinajstić information content (AvgIpc) is 2.87. The van der Waals surface area contributed by atoms with Crippen molar-refractivity contribution < 1.29 is 14.7 Å². The summed E-state index contributed by atoms with van der Waals surface area (Å²) in [6, 6.07) is 8.71. The van der Waals surface area contributed by atoms with Gasteiger partial charge in [-0.15, -0.1) is 12.4 Å². The van der Waals surface area contributed by atoms with Crippen LogP contribution < -0.4 is 0 Å². The zero-order chi connectivity index (χ0) is 19.8. The lowest BCUT2D eigenvalue weighted by Crippen LogP contribution is -2.39. The zero-order valence-corrected chi connectivity index (χ0v) is 18.1. The Hall–Kier alpha value is -1.63. The van der Waals surface area contributed by atoms with Gasteiger partial charge in [-0.2, -0.15) is 0 Å². The SMILES string of the molecule is CCc1ccc(CN(C)C(=O)CN2CCCC(N(C)CC(=O)O)CC2)cc1.Cl. The lowest BCUT2D eigenvalue weighted by atomic mass is 10.1. The molecule has 1 fully saturated rings. The first-order valence-corrected chi connectivity index (χ1v) is 9.85. The molecule has 158 valence electrons. The molecule has 0 aromatic heterocycles. The van der Waals surface area contributed by atoms with Crippen LogP contribution in [0.4, 0.5) is 0 Å². The smallest absolute Gasteiger partial charge is 0.317 e. The fourth-order valence-electron chi connectivity index (χ4n) is 3.63. The topological polar surface area (TPSA) is 64.1 Å². The first kappa shape index (κ1) is 24.4. The number of nitrogens with zero attached hydrogens (tertiary/aromatic N) is 3. The van der Waals surface area contributed by atoms with Crippen molar-refractivity contribution in [3.8, 4) is 0 Å². The van der Waals surface area contributed by atoms with Crippen LogP contribution in [-0.2, 0) is 22.6 Å². The fraction of sp³-hybridized carbons (Fsp3) is 0.619. The molecule has 6 nitrogen and oxygen atoms in total. The van der Waals surface area contributed by atoms with E-state index in [-0.39, 0.29) is 30.9 Å². The lowest BCUT2D eigenvalue weighted by molar-refractivity contribution is -0.138. The summed E-state index contributed by atoms with van der Waals surface area (Å²) in [4.78, 5) is 29.4. The van der Waals surface area contributed by atoms with E-state index in [1.165, 1.54) is 5.56 Å². The maximum atomic E-state index is 12.6. The molecule has 0 bridgehead atoms. The number of likely N-dealkylation sites (N-methyl/N-ethyl adjacent to an activating group) is 2. The van der Waals surface area contributed by atoms with E-state index in [0.29, 0.717) is 13.1 Å². The molecule has 1 aromatic carbocycles. The van der Waals surface area contributed by atoms with Crippen molar-refractivity contribution in [2.45, 2.75) is 45.2 Å².